The van der Waals surface area contributed by atoms with Crippen LogP contribution < -0.4 is 10.2 Å². The summed E-state index contributed by atoms with van der Waals surface area (Å²) in [5.74, 6) is 1.08. The van der Waals surface area contributed by atoms with Crippen LogP contribution in [-0.4, -0.2) is 34.7 Å². The van der Waals surface area contributed by atoms with Crippen molar-refractivity contribution in [1.82, 2.24) is 9.97 Å². The Labute approximate surface area is 161 Å². The Morgan fingerprint density at radius 2 is 2.12 bits per heavy atom. The van der Waals surface area contributed by atoms with Crippen molar-refractivity contribution in [1.29, 1.82) is 0 Å². The molecule has 1 amide bonds. The molecule has 0 unspecified atom stereocenters. The predicted octanol–water partition coefficient (Wildman–Crippen LogP) is 4.24. The molecule has 1 N–H and O–H groups in total. The van der Waals surface area contributed by atoms with Gasteiger partial charge in [0.25, 0.3) is 0 Å². The summed E-state index contributed by atoms with van der Waals surface area (Å²) in [5, 5.41) is 3.65. The zero-order chi connectivity index (χ0) is 18.5. The van der Waals surface area contributed by atoms with Crippen LogP contribution in [0, 0.1) is 11.7 Å². The van der Waals surface area contributed by atoms with Gasteiger partial charge in [0, 0.05) is 19.2 Å². The second kappa shape index (κ2) is 8.68. The third-order valence-corrected chi connectivity index (χ3v) is 5.54. The highest BCUT2D eigenvalue weighted by Gasteiger charge is 2.17. The number of amides is 1. The van der Waals surface area contributed by atoms with Crippen LogP contribution in [0.3, 0.4) is 0 Å². The highest BCUT2D eigenvalue weighted by atomic mass is 35.5. The summed E-state index contributed by atoms with van der Waals surface area (Å²) in [7, 11) is 0. The van der Waals surface area contributed by atoms with Gasteiger partial charge in [-0.3, -0.25) is 4.79 Å². The van der Waals surface area contributed by atoms with Gasteiger partial charge in [0.05, 0.1) is 16.5 Å². The summed E-state index contributed by atoms with van der Waals surface area (Å²) in [6, 6.07) is 5.76. The lowest BCUT2D eigenvalue weighted by atomic mass is 9.99. The molecule has 0 bridgehead atoms. The van der Waals surface area contributed by atoms with Crippen molar-refractivity contribution < 1.29 is 9.18 Å². The average Bonchev–Trinajstić information content (AvgIpc) is 2.64. The molecule has 26 heavy (non-hydrogen) atoms. The first-order chi connectivity index (χ1) is 12.5. The number of carbonyl (C=O) groups is 1. The van der Waals surface area contributed by atoms with Gasteiger partial charge in [0.1, 0.15) is 23.0 Å². The molecule has 0 radical (unpaired) electrons. The van der Waals surface area contributed by atoms with E-state index < -0.39 is 5.82 Å². The quantitative estimate of drug-likeness (QED) is 0.607. The van der Waals surface area contributed by atoms with Crippen LogP contribution in [0.4, 0.5) is 15.9 Å². The molecule has 0 saturated carbocycles. The summed E-state index contributed by atoms with van der Waals surface area (Å²) in [4.78, 5) is 22.9. The molecular weight excluding hydrogens is 375 g/mol. The van der Waals surface area contributed by atoms with E-state index in [2.05, 4.69) is 27.1 Å². The monoisotopic (exact) mass is 394 g/mol. The van der Waals surface area contributed by atoms with Crippen molar-refractivity contribution in [3.05, 3.63) is 41.4 Å². The van der Waals surface area contributed by atoms with Crippen LogP contribution in [-0.2, 0) is 4.79 Å². The highest BCUT2D eigenvalue weighted by molar-refractivity contribution is 7.99. The molecule has 0 aliphatic carbocycles. The van der Waals surface area contributed by atoms with E-state index in [9.17, 15) is 9.18 Å². The van der Waals surface area contributed by atoms with E-state index in [1.807, 2.05) is 6.07 Å². The minimum atomic E-state index is -0.450. The van der Waals surface area contributed by atoms with Crippen molar-refractivity contribution in [2.75, 3.05) is 29.1 Å². The minimum absolute atomic E-state index is 0.153. The van der Waals surface area contributed by atoms with Crippen LogP contribution in [0.5, 0.6) is 0 Å². The molecule has 1 fully saturated rings. The lowest BCUT2D eigenvalue weighted by molar-refractivity contribution is -0.113. The number of aromatic nitrogens is 2. The van der Waals surface area contributed by atoms with Gasteiger partial charge in [-0.2, -0.15) is 0 Å². The number of hydrogen-bond acceptors (Lipinski definition) is 5. The molecule has 138 valence electrons. The van der Waals surface area contributed by atoms with E-state index in [1.165, 1.54) is 36.3 Å². The maximum Gasteiger partial charge on any atom is 0.234 e. The molecule has 5 nitrogen and oxygen atoms in total. The molecule has 8 heteroatoms. The van der Waals surface area contributed by atoms with E-state index >= 15 is 0 Å². The van der Waals surface area contributed by atoms with Gasteiger partial charge in [-0.25, -0.2) is 14.4 Å². The average molecular weight is 395 g/mol. The number of halogens is 2. The second-order valence-electron chi connectivity index (χ2n) is 6.35. The highest BCUT2D eigenvalue weighted by Crippen LogP contribution is 2.25. The van der Waals surface area contributed by atoms with Crippen LogP contribution in [0.25, 0.3) is 0 Å². The van der Waals surface area contributed by atoms with Crippen molar-refractivity contribution in [2.45, 2.75) is 24.8 Å². The molecule has 1 aromatic heterocycles. The van der Waals surface area contributed by atoms with Gasteiger partial charge in [-0.15, -0.1) is 0 Å². The van der Waals surface area contributed by atoms with Crippen LogP contribution in [0.1, 0.15) is 19.8 Å². The Kier molecular flexibility index (Phi) is 6.32. The topological polar surface area (TPSA) is 58.1 Å². The maximum absolute atomic E-state index is 13.3. The molecule has 1 aliphatic heterocycles. The standard InChI is InChI=1S/C18H20ClFN4OS/c1-12-4-6-24(7-5-12)16-9-18(22-11-21-16)26-10-17(25)23-15-8-13(20)2-3-14(15)19/h2-3,8-9,11-12H,4-7,10H2,1H3,(H,23,25). The van der Waals surface area contributed by atoms with Gasteiger partial charge in [-0.1, -0.05) is 30.3 Å². The van der Waals surface area contributed by atoms with Crippen LogP contribution >= 0.6 is 23.4 Å². The number of anilines is 2. The number of benzene rings is 1. The molecule has 0 atom stereocenters. The number of nitrogens with zero attached hydrogens (tertiary/aromatic N) is 3. The lowest BCUT2D eigenvalue weighted by Crippen LogP contribution is -2.33. The largest absolute Gasteiger partial charge is 0.356 e. The normalized spacial score (nSPS) is 15.1. The first kappa shape index (κ1) is 18.9. The van der Waals surface area contributed by atoms with Crippen LogP contribution in [0.15, 0.2) is 35.6 Å². The van der Waals surface area contributed by atoms with E-state index in [-0.39, 0.29) is 17.3 Å². The maximum atomic E-state index is 13.3. The van der Waals surface area contributed by atoms with Crippen LogP contribution in [0.2, 0.25) is 5.02 Å². The molecular formula is C18H20ClFN4OS. The Bertz CT molecular complexity index is 784. The van der Waals surface area contributed by atoms with Gasteiger partial charge in [0.2, 0.25) is 5.91 Å². The summed E-state index contributed by atoms with van der Waals surface area (Å²) < 4.78 is 13.3. The Morgan fingerprint density at radius 3 is 2.88 bits per heavy atom. The number of carbonyl (C=O) groups excluding carboxylic acids is 1. The van der Waals surface area contributed by atoms with Crippen molar-refractivity contribution in [3.63, 3.8) is 0 Å². The summed E-state index contributed by atoms with van der Waals surface area (Å²) in [6.45, 7) is 4.24. The summed E-state index contributed by atoms with van der Waals surface area (Å²) in [5.41, 5.74) is 0.267. The molecule has 1 aromatic carbocycles. The first-order valence-electron chi connectivity index (χ1n) is 8.46. The van der Waals surface area contributed by atoms with Gasteiger partial charge >= 0.3 is 0 Å². The minimum Gasteiger partial charge on any atom is -0.356 e. The Morgan fingerprint density at radius 1 is 1.35 bits per heavy atom. The zero-order valence-electron chi connectivity index (χ0n) is 14.4. The van der Waals surface area contributed by atoms with Gasteiger partial charge < -0.3 is 10.2 Å². The molecule has 1 aliphatic rings. The smallest absolute Gasteiger partial charge is 0.234 e. The van der Waals surface area contributed by atoms with Gasteiger partial charge in [-0.05, 0) is 37.0 Å². The predicted molar refractivity (Wildman–Crippen MR) is 103 cm³/mol. The van der Waals surface area contributed by atoms with Crippen molar-refractivity contribution in [2.24, 2.45) is 5.92 Å². The Hall–Kier alpha value is -1.86. The molecule has 3 rings (SSSR count). The van der Waals surface area contributed by atoms with E-state index in [0.717, 1.165) is 42.7 Å². The molecule has 1 saturated heterocycles. The molecule has 2 aromatic rings. The fourth-order valence-corrected chi connectivity index (χ4v) is 3.56. The fraction of sp³-hybridized carbons (Fsp3) is 0.389. The first-order valence-corrected chi connectivity index (χ1v) is 9.82. The number of thioether (sulfide) groups is 1. The number of nitrogens with one attached hydrogen (secondary N) is 1. The van der Waals surface area contributed by atoms with Gasteiger partial charge in [0.15, 0.2) is 0 Å². The SMILES string of the molecule is CC1CCN(c2cc(SCC(=O)Nc3cc(F)ccc3Cl)ncn2)CC1. The molecule has 2 heterocycles. The Balaban J connectivity index is 1.56. The van der Waals surface area contributed by atoms with E-state index in [1.54, 1.807) is 0 Å². The van der Waals surface area contributed by atoms with E-state index in [4.69, 9.17) is 11.6 Å². The van der Waals surface area contributed by atoms with Crippen molar-refractivity contribution in [3.8, 4) is 0 Å². The lowest BCUT2D eigenvalue weighted by Gasteiger charge is -2.31. The van der Waals surface area contributed by atoms with Crippen molar-refractivity contribution >= 4 is 40.8 Å². The third-order valence-electron chi connectivity index (χ3n) is 4.29. The fourth-order valence-electron chi connectivity index (χ4n) is 2.74. The summed E-state index contributed by atoms with van der Waals surface area (Å²) in [6.07, 6.45) is 3.84. The molecule has 0 spiro atoms. The third kappa shape index (κ3) is 5.08. The number of piperidine rings is 1. The number of rotatable bonds is 5. The summed E-state index contributed by atoms with van der Waals surface area (Å²) >= 11 is 7.27. The van der Waals surface area contributed by atoms with E-state index in [0.29, 0.717) is 5.02 Å². The zero-order valence-corrected chi connectivity index (χ0v) is 16.0. The number of hydrogen-bond donors (Lipinski definition) is 1. The second-order valence-corrected chi connectivity index (χ2v) is 7.75.